The molecule has 4 rings (SSSR count). The summed E-state index contributed by atoms with van der Waals surface area (Å²) in [5, 5.41) is 0.746. The molecule has 1 aliphatic carbocycles. The molecule has 2 aliphatic rings. The molecule has 1 fully saturated rings. The molecular formula is C20H26N4O3S. The lowest BCUT2D eigenvalue weighted by atomic mass is 9.89. The highest BCUT2D eigenvalue weighted by molar-refractivity contribution is 7.18. The van der Waals surface area contributed by atoms with Crippen LogP contribution < -0.4 is 11.3 Å². The van der Waals surface area contributed by atoms with Crippen LogP contribution >= 0.6 is 11.3 Å². The minimum absolute atomic E-state index is 0.0324. The predicted molar refractivity (Wildman–Crippen MR) is 108 cm³/mol. The van der Waals surface area contributed by atoms with E-state index in [-0.39, 0.29) is 23.3 Å². The first kappa shape index (κ1) is 19.1. The highest BCUT2D eigenvalue weighted by Crippen LogP contribution is 2.35. The Kier molecular flexibility index (Phi) is 5.23. The average molecular weight is 403 g/mol. The number of aryl methyl sites for hydroxylation is 2. The highest BCUT2D eigenvalue weighted by atomic mass is 32.1. The molecule has 2 amide bonds. The van der Waals surface area contributed by atoms with Gasteiger partial charge in [0.05, 0.1) is 5.39 Å². The van der Waals surface area contributed by atoms with Gasteiger partial charge in [-0.05, 0) is 43.6 Å². The number of aromatic nitrogens is 2. The highest BCUT2D eigenvalue weighted by Gasteiger charge is 2.26. The van der Waals surface area contributed by atoms with Crippen molar-refractivity contribution in [1.29, 1.82) is 0 Å². The van der Waals surface area contributed by atoms with E-state index in [9.17, 15) is 14.4 Å². The average Bonchev–Trinajstić information content (AvgIpc) is 3.03. The molecule has 3 heterocycles. The van der Waals surface area contributed by atoms with E-state index in [1.807, 2.05) is 0 Å². The van der Waals surface area contributed by atoms with Crippen molar-refractivity contribution in [2.75, 3.05) is 13.1 Å². The third kappa shape index (κ3) is 3.70. The van der Waals surface area contributed by atoms with Gasteiger partial charge in [0.2, 0.25) is 11.8 Å². The summed E-state index contributed by atoms with van der Waals surface area (Å²) < 4.78 is 0. The molecule has 28 heavy (non-hydrogen) atoms. The van der Waals surface area contributed by atoms with Gasteiger partial charge in [-0.1, -0.05) is 6.92 Å². The first-order valence-corrected chi connectivity index (χ1v) is 10.8. The van der Waals surface area contributed by atoms with Crippen LogP contribution in [-0.4, -0.2) is 39.8 Å². The molecular weight excluding hydrogens is 376 g/mol. The van der Waals surface area contributed by atoms with Gasteiger partial charge in [0.25, 0.3) is 5.56 Å². The Morgan fingerprint density at radius 3 is 2.75 bits per heavy atom. The van der Waals surface area contributed by atoms with Crippen LogP contribution in [0.4, 0.5) is 0 Å². The number of rotatable bonds is 4. The first-order valence-electron chi connectivity index (χ1n) is 10.0. The van der Waals surface area contributed by atoms with Crippen LogP contribution in [0.15, 0.2) is 4.79 Å². The molecule has 3 N–H and O–H groups in total. The zero-order valence-corrected chi connectivity index (χ0v) is 16.9. The summed E-state index contributed by atoms with van der Waals surface area (Å²) >= 11 is 1.63. The number of carbonyl (C=O) groups excluding carboxylic acids is 2. The number of carbonyl (C=O) groups is 2. The number of thiophene rings is 1. The van der Waals surface area contributed by atoms with E-state index in [1.54, 1.807) is 16.2 Å². The predicted octanol–water partition coefficient (Wildman–Crippen LogP) is 1.77. The van der Waals surface area contributed by atoms with Crippen LogP contribution in [0.25, 0.3) is 10.2 Å². The fourth-order valence-electron chi connectivity index (χ4n) is 4.31. The lowest BCUT2D eigenvalue weighted by molar-refractivity contribution is -0.134. The fourth-order valence-corrected chi connectivity index (χ4v) is 5.71. The second-order valence-corrected chi connectivity index (χ2v) is 9.19. The molecule has 7 nitrogen and oxygen atoms in total. The van der Waals surface area contributed by atoms with Crippen LogP contribution in [0.1, 0.15) is 48.9 Å². The van der Waals surface area contributed by atoms with E-state index in [0.29, 0.717) is 50.5 Å². The largest absolute Gasteiger partial charge is 0.369 e. The van der Waals surface area contributed by atoms with Gasteiger partial charge in [-0.2, -0.15) is 0 Å². The lowest BCUT2D eigenvalue weighted by Gasteiger charge is -2.30. The van der Waals surface area contributed by atoms with E-state index < -0.39 is 0 Å². The van der Waals surface area contributed by atoms with E-state index in [1.165, 1.54) is 10.4 Å². The van der Waals surface area contributed by atoms with Crippen molar-refractivity contribution in [3.8, 4) is 0 Å². The number of nitrogens with two attached hydrogens (primary N) is 1. The standard InChI is InChI=1S/C20H26N4O3S/c1-11-2-3-13-14(10-11)28-20-17(13)19(27)22-15(23-20)4-5-16(25)24-8-6-12(7-9-24)18(21)26/h11-12H,2-10H2,1H3,(H2,21,26)(H,22,23,27)/t11-/m1/s1. The van der Waals surface area contributed by atoms with Crippen molar-refractivity contribution in [3.63, 3.8) is 0 Å². The van der Waals surface area contributed by atoms with Gasteiger partial charge in [-0.25, -0.2) is 4.98 Å². The Morgan fingerprint density at radius 2 is 2.04 bits per heavy atom. The van der Waals surface area contributed by atoms with E-state index >= 15 is 0 Å². The molecule has 2 aromatic heterocycles. The lowest BCUT2D eigenvalue weighted by Crippen LogP contribution is -2.41. The van der Waals surface area contributed by atoms with Crippen LogP contribution in [0.3, 0.4) is 0 Å². The summed E-state index contributed by atoms with van der Waals surface area (Å²) in [6.07, 6.45) is 5.05. The topological polar surface area (TPSA) is 109 Å². The minimum atomic E-state index is -0.282. The molecule has 0 unspecified atom stereocenters. The van der Waals surface area contributed by atoms with Crippen LogP contribution in [0, 0.1) is 11.8 Å². The molecule has 0 bridgehead atoms. The first-order chi connectivity index (χ1) is 13.4. The van der Waals surface area contributed by atoms with Gasteiger partial charge in [0.15, 0.2) is 0 Å². The number of fused-ring (bicyclic) bond motifs is 3. The smallest absolute Gasteiger partial charge is 0.259 e. The van der Waals surface area contributed by atoms with Crippen molar-refractivity contribution in [3.05, 3.63) is 26.6 Å². The summed E-state index contributed by atoms with van der Waals surface area (Å²) in [5.74, 6) is 0.845. The molecule has 0 aromatic carbocycles. The monoisotopic (exact) mass is 402 g/mol. The molecule has 2 aromatic rings. The van der Waals surface area contributed by atoms with Gasteiger partial charge in [0, 0.05) is 36.7 Å². The second kappa shape index (κ2) is 7.66. The molecule has 0 radical (unpaired) electrons. The molecule has 0 spiro atoms. The zero-order chi connectivity index (χ0) is 19.8. The Hall–Kier alpha value is -2.22. The number of hydrogen-bond acceptors (Lipinski definition) is 5. The third-order valence-electron chi connectivity index (χ3n) is 6.04. The van der Waals surface area contributed by atoms with Crippen LogP contribution in [0.2, 0.25) is 0 Å². The number of nitrogens with zero attached hydrogens (tertiary/aromatic N) is 2. The number of hydrogen-bond donors (Lipinski definition) is 2. The van der Waals surface area contributed by atoms with Gasteiger partial charge >= 0.3 is 0 Å². The quantitative estimate of drug-likeness (QED) is 0.812. The van der Waals surface area contributed by atoms with Crippen molar-refractivity contribution >= 4 is 33.4 Å². The minimum Gasteiger partial charge on any atom is -0.369 e. The Morgan fingerprint density at radius 1 is 1.29 bits per heavy atom. The van der Waals surface area contributed by atoms with Crippen LogP contribution in [-0.2, 0) is 28.9 Å². The summed E-state index contributed by atoms with van der Waals surface area (Å²) in [6.45, 7) is 3.37. The Balaban J connectivity index is 1.43. The summed E-state index contributed by atoms with van der Waals surface area (Å²) in [6, 6.07) is 0. The number of nitrogens with one attached hydrogen (secondary N) is 1. The number of amides is 2. The summed E-state index contributed by atoms with van der Waals surface area (Å²) in [5.41, 5.74) is 6.43. The maximum atomic E-state index is 12.6. The Labute approximate surface area is 167 Å². The zero-order valence-electron chi connectivity index (χ0n) is 16.1. The van der Waals surface area contributed by atoms with Crippen molar-refractivity contribution in [1.82, 2.24) is 14.9 Å². The third-order valence-corrected chi connectivity index (χ3v) is 7.19. The second-order valence-electron chi connectivity index (χ2n) is 8.10. The number of likely N-dealkylation sites (tertiary alicyclic amines) is 1. The van der Waals surface area contributed by atoms with E-state index in [0.717, 1.165) is 29.5 Å². The van der Waals surface area contributed by atoms with Crippen molar-refractivity contribution in [2.45, 2.75) is 51.9 Å². The maximum absolute atomic E-state index is 12.6. The molecule has 1 saturated heterocycles. The van der Waals surface area contributed by atoms with Crippen LogP contribution in [0.5, 0.6) is 0 Å². The number of piperidine rings is 1. The maximum Gasteiger partial charge on any atom is 0.259 e. The number of primary amides is 1. The number of aromatic amines is 1. The molecule has 0 saturated carbocycles. The molecule has 1 aliphatic heterocycles. The van der Waals surface area contributed by atoms with Crippen molar-refractivity contribution in [2.24, 2.45) is 17.6 Å². The molecule has 1 atom stereocenters. The van der Waals surface area contributed by atoms with E-state index in [2.05, 4.69) is 16.9 Å². The SMILES string of the molecule is C[C@@H]1CCc2c(sc3nc(CCC(=O)N4CCC(C(N)=O)CC4)[nH]c(=O)c23)C1. The fraction of sp³-hybridized carbons (Fsp3) is 0.600. The molecule has 150 valence electrons. The van der Waals surface area contributed by atoms with Gasteiger partial charge in [0.1, 0.15) is 10.7 Å². The van der Waals surface area contributed by atoms with Crippen molar-refractivity contribution < 1.29 is 9.59 Å². The van der Waals surface area contributed by atoms with Gasteiger partial charge < -0.3 is 15.6 Å². The molecule has 8 heteroatoms. The number of H-pyrrole nitrogens is 1. The van der Waals surface area contributed by atoms with Gasteiger partial charge in [-0.3, -0.25) is 14.4 Å². The van der Waals surface area contributed by atoms with Gasteiger partial charge in [-0.15, -0.1) is 11.3 Å². The normalized spacial score (nSPS) is 20.3. The summed E-state index contributed by atoms with van der Waals surface area (Å²) in [4.78, 5) is 47.8. The Bertz CT molecular complexity index is 972. The summed E-state index contributed by atoms with van der Waals surface area (Å²) in [7, 11) is 0. The van der Waals surface area contributed by atoms with E-state index in [4.69, 9.17) is 5.73 Å².